The molecule has 0 unspecified atom stereocenters. The molecule has 1 aliphatic carbocycles. The number of carbonyl (C=O) groups excluding carboxylic acids is 2. The van der Waals surface area contributed by atoms with Gasteiger partial charge in [-0.05, 0) is 31.0 Å². The van der Waals surface area contributed by atoms with Crippen LogP contribution < -0.4 is 0 Å². The van der Waals surface area contributed by atoms with Crippen molar-refractivity contribution in [1.82, 2.24) is 0 Å². The lowest BCUT2D eigenvalue weighted by molar-refractivity contribution is -0.117. The number of thioether (sulfide) groups is 1. The van der Waals surface area contributed by atoms with Crippen molar-refractivity contribution in [2.45, 2.75) is 37.4 Å². The van der Waals surface area contributed by atoms with Crippen molar-refractivity contribution in [2.75, 3.05) is 27.0 Å². The van der Waals surface area contributed by atoms with Crippen LogP contribution in [0.1, 0.15) is 32.6 Å². The first-order chi connectivity index (χ1) is 9.41. The zero-order valence-electron chi connectivity index (χ0n) is 12.0. The number of hydrogen-bond acceptors (Lipinski definition) is 7. The Morgan fingerprint density at radius 1 is 1.25 bits per heavy atom. The number of ether oxygens (including phenoxy) is 1. The van der Waals surface area contributed by atoms with Gasteiger partial charge in [-0.15, -0.1) is 0 Å². The molecule has 0 aromatic rings. The molecule has 0 spiro atoms. The summed E-state index contributed by atoms with van der Waals surface area (Å²) in [6, 6.07) is 0. The van der Waals surface area contributed by atoms with Crippen molar-refractivity contribution in [1.29, 1.82) is 0 Å². The van der Waals surface area contributed by atoms with Gasteiger partial charge in [0.1, 0.15) is 6.16 Å². The number of unbranched alkanes of at least 4 members (excludes halogenated alkanes) is 1. The summed E-state index contributed by atoms with van der Waals surface area (Å²) >= 11 is 0.890. The first-order valence-electron chi connectivity index (χ1n) is 6.51. The van der Waals surface area contributed by atoms with Crippen LogP contribution in [0, 0.1) is 0 Å². The van der Waals surface area contributed by atoms with Crippen LogP contribution >= 0.6 is 19.4 Å². The molecule has 0 aliphatic heterocycles. The van der Waals surface area contributed by atoms with Crippen LogP contribution in [0.15, 0.2) is 0 Å². The maximum Gasteiger partial charge on any atom is 0.368 e. The minimum atomic E-state index is -3.38. The molecule has 1 rings (SSSR count). The fourth-order valence-electron chi connectivity index (χ4n) is 1.56. The first-order valence-corrected chi connectivity index (χ1v) is 9.05. The van der Waals surface area contributed by atoms with Gasteiger partial charge in [0.05, 0.1) is 11.4 Å². The van der Waals surface area contributed by atoms with Gasteiger partial charge in [0, 0.05) is 14.2 Å². The Balaban J connectivity index is 2.51. The second-order valence-electron chi connectivity index (χ2n) is 4.61. The van der Waals surface area contributed by atoms with E-state index in [1.165, 1.54) is 14.2 Å². The summed E-state index contributed by atoms with van der Waals surface area (Å²) in [4.78, 5) is 23.8. The van der Waals surface area contributed by atoms with E-state index in [-0.39, 0.29) is 11.9 Å². The topological polar surface area (TPSA) is 78.9 Å². The molecule has 116 valence electrons. The molecule has 0 saturated heterocycles. The van der Waals surface area contributed by atoms with Crippen molar-refractivity contribution in [3.8, 4) is 0 Å². The lowest BCUT2D eigenvalue weighted by atomic mass is 10.3. The van der Waals surface area contributed by atoms with E-state index in [9.17, 15) is 14.2 Å². The Bertz CT molecular complexity index is 399. The Morgan fingerprint density at radius 2 is 1.85 bits per heavy atom. The summed E-state index contributed by atoms with van der Waals surface area (Å²) < 4.78 is 25.7. The van der Waals surface area contributed by atoms with Crippen LogP contribution in [0.4, 0.5) is 4.79 Å². The second kappa shape index (κ2) is 7.59. The van der Waals surface area contributed by atoms with Crippen LogP contribution in [0.5, 0.6) is 0 Å². The Labute approximate surface area is 123 Å². The van der Waals surface area contributed by atoms with Gasteiger partial charge in [-0.25, -0.2) is 4.79 Å². The van der Waals surface area contributed by atoms with Crippen LogP contribution in [0.25, 0.3) is 0 Å². The fraction of sp³-hybridized carbons (Fsp3) is 0.833. The highest BCUT2D eigenvalue weighted by Gasteiger charge is 2.54. The van der Waals surface area contributed by atoms with Crippen molar-refractivity contribution < 1.29 is 27.9 Å². The van der Waals surface area contributed by atoms with Crippen molar-refractivity contribution >= 4 is 30.4 Å². The van der Waals surface area contributed by atoms with E-state index in [0.29, 0.717) is 19.4 Å². The summed E-state index contributed by atoms with van der Waals surface area (Å²) in [6.45, 7) is 2.36. The smallest absolute Gasteiger partial charge is 0.368 e. The third-order valence-corrected chi connectivity index (χ3v) is 6.20. The van der Waals surface area contributed by atoms with Gasteiger partial charge in [0.15, 0.2) is 5.78 Å². The van der Waals surface area contributed by atoms with E-state index in [4.69, 9.17) is 13.8 Å². The average molecular weight is 324 g/mol. The number of hydrogen-bond donors (Lipinski definition) is 0. The van der Waals surface area contributed by atoms with Crippen LogP contribution in [0.3, 0.4) is 0 Å². The standard InChI is InChI=1S/C12H21O6PS/c1-4-5-8-18-11(14)20-12(6-7-12)10(13)9-19(15,16-2)17-3/h4-9H2,1-3H3. The molecule has 0 amide bonds. The molecule has 6 nitrogen and oxygen atoms in total. The van der Waals surface area contributed by atoms with E-state index >= 15 is 0 Å². The summed E-state index contributed by atoms with van der Waals surface area (Å²) in [5.41, 5.74) is 0. The number of Topliss-reactive ketones (excluding diaryl/α,β-unsaturated/α-hetero) is 1. The van der Waals surface area contributed by atoms with E-state index in [1.807, 2.05) is 6.92 Å². The van der Waals surface area contributed by atoms with Gasteiger partial charge < -0.3 is 13.8 Å². The molecule has 0 heterocycles. The minimum absolute atomic E-state index is 0.276. The number of ketones is 1. The summed E-state index contributed by atoms with van der Waals surface area (Å²) in [5.74, 6) is -0.276. The normalized spacial score (nSPS) is 16.8. The molecule has 0 radical (unpaired) electrons. The molecule has 8 heteroatoms. The summed E-state index contributed by atoms with van der Waals surface area (Å²) in [7, 11) is -0.899. The third-order valence-electron chi connectivity index (χ3n) is 3.10. The molecule has 20 heavy (non-hydrogen) atoms. The van der Waals surface area contributed by atoms with Gasteiger partial charge in [0.25, 0.3) is 0 Å². The predicted octanol–water partition coefficient (Wildman–Crippen LogP) is 3.24. The third kappa shape index (κ3) is 4.88. The SMILES string of the molecule is CCCCOC(=O)SC1(C(=O)CP(=O)(OC)OC)CC1. The van der Waals surface area contributed by atoms with Crippen molar-refractivity contribution in [3.05, 3.63) is 0 Å². The molecule has 0 atom stereocenters. The quantitative estimate of drug-likeness (QED) is 0.366. The van der Waals surface area contributed by atoms with E-state index in [2.05, 4.69) is 0 Å². The molecular weight excluding hydrogens is 303 g/mol. The summed E-state index contributed by atoms with van der Waals surface area (Å²) in [5, 5.41) is -0.450. The first kappa shape index (κ1) is 17.7. The Kier molecular flexibility index (Phi) is 6.72. The molecule has 0 bridgehead atoms. The Morgan fingerprint density at radius 3 is 2.30 bits per heavy atom. The maximum atomic E-state index is 12.2. The van der Waals surface area contributed by atoms with Gasteiger partial charge in [-0.3, -0.25) is 9.36 Å². The maximum absolute atomic E-state index is 12.2. The largest absolute Gasteiger partial charge is 0.458 e. The lowest BCUT2D eigenvalue weighted by Crippen LogP contribution is -2.25. The van der Waals surface area contributed by atoms with Crippen molar-refractivity contribution in [2.24, 2.45) is 0 Å². The Hall–Kier alpha value is -0.360. The van der Waals surface area contributed by atoms with E-state index in [0.717, 1.165) is 24.6 Å². The zero-order valence-corrected chi connectivity index (χ0v) is 13.8. The lowest BCUT2D eigenvalue weighted by Gasteiger charge is -2.17. The van der Waals surface area contributed by atoms with Crippen molar-refractivity contribution in [3.63, 3.8) is 0 Å². The highest BCUT2D eigenvalue weighted by molar-refractivity contribution is 8.15. The number of carbonyl (C=O) groups is 2. The molecule has 0 N–H and O–H groups in total. The molecule has 1 fully saturated rings. The fourth-order valence-corrected chi connectivity index (χ4v) is 3.69. The molecular formula is C12H21O6PS. The monoisotopic (exact) mass is 324 g/mol. The minimum Gasteiger partial charge on any atom is -0.458 e. The van der Waals surface area contributed by atoms with Gasteiger partial charge in [-0.1, -0.05) is 13.3 Å². The second-order valence-corrected chi connectivity index (χ2v) is 8.19. The van der Waals surface area contributed by atoms with Gasteiger partial charge in [-0.2, -0.15) is 0 Å². The highest BCUT2D eigenvalue weighted by atomic mass is 32.2. The number of rotatable bonds is 9. The molecule has 0 aromatic heterocycles. The van der Waals surface area contributed by atoms with Crippen LogP contribution in [0.2, 0.25) is 0 Å². The average Bonchev–Trinajstić information content (AvgIpc) is 3.19. The molecule has 1 aliphatic rings. The van der Waals surface area contributed by atoms with E-state index in [1.54, 1.807) is 0 Å². The molecule has 0 aromatic carbocycles. The van der Waals surface area contributed by atoms with Gasteiger partial charge >= 0.3 is 12.9 Å². The predicted molar refractivity (Wildman–Crippen MR) is 77.3 cm³/mol. The van der Waals surface area contributed by atoms with Gasteiger partial charge in [0.2, 0.25) is 0 Å². The molecule has 1 saturated carbocycles. The summed E-state index contributed by atoms with van der Waals surface area (Å²) in [6.07, 6.45) is 2.61. The van der Waals surface area contributed by atoms with Crippen LogP contribution in [-0.2, 0) is 23.1 Å². The zero-order chi connectivity index (χ0) is 15.2. The highest BCUT2D eigenvalue weighted by Crippen LogP contribution is 2.54. The van der Waals surface area contributed by atoms with Crippen LogP contribution in [-0.4, -0.2) is 42.8 Å². The van der Waals surface area contributed by atoms with E-state index < -0.39 is 17.6 Å².